The van der Waals surface area contributed by atoms with Crippen LogP contribution < -0.4 is 10.2 Å². The number of aryl methyl sites for hydroxylation is 1. The third-order valence-electron chi connectivity index (χ3n) is 3.14. The first-order chi connectivity index (χ1) is 9.32. The van der Waals surface area contributed by atoms with Crippen LogP contribution in [0.15, 0.2) is 29.4 Å². The highest BCUT2D eigenvalue weighted by atomic mass is 16.5. The fourth-order valence-corrected chi connectivity index (χ4v) is 1.32. The minimum Gasteiger partial charge on any atom is -0.484 e. The van der Waals surface area contributed by atoms with Crippen LogP contribution in [0, 0.1) is 5.41 Å². The molecule has 1 N–H and O–H groups in total. The van der Waals surface area contributed by atoms with Gasteiger partial charge < -0.3 is 4.74 Å². The Balaban J connectivity index is 2.43. The molecule has 0 spiro atoms. The summed E-state index contributed by atoms with van der Waals surface area (Å²) in [5.74, 6) is 0.432. The molecule has 1 aromatic rings. The minimum atomic E-state index is -0.256. The van der Waals surface area contributed by atoms with E-state index in [2.05, 4.69) is 17.5 Å². The van der Waals surface area contributed by atoms with E-state index in [0.717, 1.165) is 12.1 Å². The Bertz CT molecular complexity index is 470. The number of carbonyl (C=O) groups excluding carboxylic acids is 1. The molecule has 0 fully saturated rings. The molecule has 0 atom stereocenters. The summed E-state index contributed by atoms with van der Waals surface area (Å²) in [6, 6.07) is 7.73. The lowest BCUT2D eigenvalue weighted by Gasteiger charge is -2.17. The molecule has 0 bridgehead atoms. The Labute approximate surface area is 121 Å². The molecule has 0 heterocycles. The van der Waals surface area contributed by atoms with E-state index >= 15 is 0 Å². The van der Waals surface area contributed by atoms with E-state index in [1.807, 2.05) is 52.0 Å². The van der Waals surface area contributed by atoms with E-state index < -0.39 is 0 Å². The van der Waals surface area contributed by atoms with Crippen LogP contribution in [0.1, 0.15) is 40.2 Å². The summed E-state index contributed by atoms with van der Waals surface area (Å²) in [7, 11) is 0. The van der Waals surface area contributed by atoms with E-state index in [1.165, 1.54) is 5.56 Å². The van der Waals surface area contributed by atoms with Crippen LogP contribution in [0.3, 0.4) is 0 Å². The van der Waals surface area contributed by atoms with Crippen molar-refractivity contribution in [1.82, 2.24) is 5.43 Å². The molecule has 1 rings (SSSR count). The quantitative estimate of drug-likeness (QED) is 0.663. The number of nitrogens with one attached hydrogen (secondary N) is 1. The van der Waals surface area contributed by atoms with Crippen LogP contribution in [-0.4, -0.2) is 18.2 Å². The molecule has 4 heteroatoms. The van der Waals surface area contributed by atoms with E-state index in [4.69, 9.17) is 4.74 Å². The minimum absolute atomic E-state index is 0.0353. The highest BCUT2D eigenvalue weighted by Gasteiger charge is 2.14. The van der Waals surface area contributed by atoms with Gasteiger partial charge in [-0.15, -0.1) is 0 Å². The number of hydrogen-bond acceptors (Lipinski definition) is 3. The summed E-state index contributed by atoms with van der Waals surface area (Å²) in [6.07, 6.45) is 0.988. The predicted molar refractivity (Wildman–Crippen MR) is 82.0 cm³/mol. The number of ether oxygens (including phenoxy) is 1. The molecule has 0 radical (unpaired) electrons. The molecule has 0 aliphatic heterocycles. The Morgan fingerprint density at radius 3 is 2.35 bits per heavy atom. The molecule has 0 aliphatic carbocycles. The van der Waals surface area contributed by atoms with Gasteiger partial charge in [-0.1, -0.05) is 39.8 Å². The molecule has 0 saturated carbocycles. The number of amides is 1. The molecule has 1 aromatic carbocycles. The second kappa shape index (κ2) is 7.08. The standard InChI is InChI=1S/C16H24N2O2/c1-6-13-7-9-14(10-8-13)20-11-15(19)18-17-12(2)16(3,4)5/h7-10H,6,11H2,1-5H3,(H,18,19)/b17-12+. The largest absolute Gasteiger partial charge is 0.484 e. The molecular formula is C16H24N2O2. The van der Waals surface area contributed by atoms with Gasteiger partial charge in [0.2, 0.25) is 0 Å². The third-order valence-corrected chi connectivity index (χ3v) is 3.14. The average molecular weight is 276 g/mol. The maximum absolute atomic E-state index is 11.6. The van der Waals surface area contributed by atoms with Gasteiger partial charge in [-0.2, -0.15) is 5.10 Å². The van der Waals surface area contributed by atoms with Gasteiger partial charge in [-0.3, -0.25) is 4.79 Å². The van der Waals surface area contributed by atoms with Crippen LogP contribution in [0.5, 0.6) is 5.75 Å². The van der Waals surface area contributed by atoms with Crippen LogP contribution in [0.2, 0.25) is 0 Å². The fourth-order valence-electron chi connectivity index (χ4n) is 1.32. The zero-order valence-electron chi connectivity index (χ0n) is 13.0. The fraction of sp³-hybridized carbons (Fsp3) is 0.500. The normalized spacial score (nSPS) is 12.2. The number of nitrogens with zero attached hydrogens (tertiary/aromatic N) is 1. The molecule has 0 aliphatic rings. The Morgan fingerprint density at radius 2 is 1.85 bits per heavy atom. The topological polar surface area (TPSA) is 50.7 Å². The van der Waals surface area contributed by atoms with Crippen molar-refractivity contribution in [2.45, 2.75) is 41.0 Å². The lowest BCUT2D eigenvalue weighted by atomic mass is 9.91. The summed E-state index contributed by atoms with van der Waals surface area (Å²) in [4.78, 5) is 11.6. The van der Waals surface area contributed by atoms with Crippen molar-refractivity contribution in [2.75, 3.05) is 6.61 Å². The van der Waals surface area contributed by atoms with E-state index in [1.54, 1.807) is 0 Å². The van der Waals surface area contributed by atoms with Gasteiger partial charge in [-0.25, -0.2) is 5.43 Å². The second-order valence-electron chi connectivity index (χ2n) is 5.77. The van der Waals surface area contributed by atoms with Crippen LogP contribution in [0.4, 0.5) is 0 Å². The Hall–Kier alpha value is -1.84. The van der Waals surface area contributed by atoms with Gasteiger partial charge in [-0.05, 0) is 31.0 Å². The first kappa shape index (κ1) is 16.2. The molecular weight excluding hydrogens is 252 g/mol. The number of hydrogen-bond donors (Lipinski definition) is 1. The lowest BCUT2D eigenvalue weighted by Crippen LogP contribution is -2.28. The summed E-state index contributed by atoms with van der Waals surface area (Å²) < 4.78 is 5.40. The predicted octanol–water partition coefficient (Wildman–Crippen LogP) is 3.17. The second-order valence-corrected chi connectivity index (χ2v) is 5.77. The van der Waals surface area contributed by atoms with Gasteiger partial charge in [0.1, 0.15) is 5.75 Å². The Kier molecular flexibility index (Phi) is 5.74. The van der Waals surface area contributed by atoms with Crippen LogP contribution in [0.25, 0.3) is 0 Å². The van der Waals surface area contributed by atoms with Crippen LogP contribution in [-0.2, 0) is 11.2 Å². The molecule has 0 unspecified atom stereocenters. The summed E-state index contributed by atoms with van der Waals surface area (Å²) in [5.41, 5.74) is 4.57. The van der Waals surface area contributed by atoms with Crippen molar-refractivity contribution >= 4 is 11.6 Å². The summed E-state index contributed by atoms with van der Waals surface area (Å²) in [6.45, 7) is 10.1. The highest BCUT2D eigenvalue weighted by Crippen LogP contribution is 2.15. The Morgan fingerprint density at radius 1 is 1.25 bits per heavy atom. The van der Waals surface area contributed by atoms with Crippen molar-refractivity contribution in [3.8, 4) is 5.75 Å². The SMILES string of the molecule is CCc1ccc(OCC(=O)N/N=C(\C)C(C)(C)C)cc1. The van der Waals surface area contributed by atoms with Crippen molar-refractivity contribution < 1.29 is 9.53 Å². The molecule has 20 heavy (non-hydrogen) atoms. The van der Waals surface area contributed by atoms with Gasteiger partial charge in [0.25, 0.3) is 5.91 Å². The lowest BCUT2D eigenvalue weighted by molar-refractivity contribution is -0.123. The monoisotopic (exact) mass is 276 g/mol. The third kappa shape index (κ3) is 5.43. The van der Waals surface area contributed by atoms with Crippen molar-refractivity contribution in [1.29, 1.82) is 0 Å². The number of hydrazone groups is 1. The first-order valence-electron chi connectivity index (χ1n) is 6.88. The zero-order valence-corrected chi connectivity index (χ0v) is 13.0. The van der Waals surface area contributed by atoms with Crippen molar-refractivity contribution in [2.24, 2.45) is 10.5 Å². The van der Waals surface area contributed by atoms with E-state index in [0.29, 0.717) is 5.75 Å². The van der Waals surface area contributed by atoms with Gasteiger partial charge in [0, 0.05) is 11.1 Å². The highest BCUT2D eigenvalue weighted by molar-refractivity contribution is 5.88. The van der Waals surface area contributed by atoms with Gasteiger partial charge in [0.05, 0.1) is 0 Å². The molecule has 0 aromatic heterocycles. The number of carbonyl (C=O) groups is 1. The smallest absolute Gasteiger partial charge is 0.277 e. The van der Waals surface area contributed by atoms with Crippen LogP contribution >= 0.6 is 0 Å². The summed E-state index contributed by atoms with van der Waals surface area (Å²) >= 11 is 0. The first-order valence-corrected chi connectivity index (χ1v) is 6.88. The zero-order chi connectivity index (χ0) is 15.2. The van der Waals surface area contributed by atoms with E-state index in [9.17, 15) is 4.79 Å². The van der Waals surface area contributed by atoms with Gasteiger partial charge >= 0.3 is 0 Å². The van der Waals surface area contributed by atoms with Crippen molar-refractivity contribution in [3.63, 3.8) is 0 Å². The molecule has 0 saturated heterocycles. The average Bonchev–Trinajstić information content (AvgIpc) is 2.41. The van der Waals surface area contributed by atoms with Crippen molar-refractivity contribution in [3.05, 3.63) is 29.8 Å². The van der Waals surface area contributed by atoms with Gasteiger partial charge in [0.15, 0.2) is 6.61 Å². The number of benzene rings is 1. The summed E-state index contributed by atoms with van der Waals surface area (Å²) in [5, 5.41) is 4.07. The maximum atomic E-state index is 11.6. The molecule has 110 valence electrons. The van der Waals surface area contributed by atoms with E-state index in [-0.39, 0.29) is 17.9 Å². The molecule has 4 nitrogen and oxygen atoms in total. The molecule has 1 amide bonds. The number of rotatable bonds is 5. The maximum Gasteiger partial charge on any atom is 0.277 e.